The van der Waals surface area contributed by atoms with Crippen molar-refractivity contribution in [3.05, 3.63) is 95.6 Å². The molecule has 150 valence electrons. The molecule has 3 aromatic carbocycles. The summed E-state index contributed by atoms with van der Waals surface area (Å²) in [6.45, 7) is 0. The molecule has 0 aliphatic rings. The number of thioether (sulfide) groups is 1. The summed E-state index contributed by atoms with van der Waals surface area (Å²) in [4.78, 5) is 17.4. The highest BCUT2D eigenvalue weighted by Gasteiger charge is 2.15. The van der Waals surface area contributed by atoms with Crippen LogP contribution in [0.4, 0.5) is 0 Å². The zero-order chi connectivity index (χ0) is 20.9. The maximum atomic E-state index is 12.6. The number of carbonyl (C=O) groups excluding carboxylic acids is 1. The summed E-state index contributed by atoms with van der Waals surface area (Å²) in [5.74, 6) is 1.16. The van der Waals surface area contributed by atoms with E-state index >= 15 is 0 Å². The van der Waals surface area contributed by atoms with Crippen LogP contribution in [0.15, 0.2) is 90.2 Å². The molecule has 4 aromatic rings. The van der Waals surface area contributed by atoms with Gasteiger partial charge in [-0.1, -0.05) is 53.7 Å². The lowest BCUT2D eigenvalue weighted by molar-refractivity contribution is 0.102. The van der Waals surface area contributed by atoms with Crippen LogP contribution >= 0.6 is 23.4 Å². The highest BCUT2D eigenvalue weighted by molar-refractivity contribution is 7.99. The van der Waals surface area contributed by atoms with Gasteiger partial charge >= 0.3 is 0 Å². The van der Waals surface area contributed by atoms with Crippen LogP contribution in [0, 0.1) is 0 Å². The molecule has 0 spiro atoms. The molecule has 0 radical (unpaired) electrons. The summed E-state index contributed by atoms with van der Waals surface area (Å²) in [6, 6.07) is 24.6. The summed E-state index contributed by atoms with van der Waals surface area (Å²) < 4.78 is 7.23. The highest BCUT2D eigenvalue weighted by Crippen LogP contribution is 2.29. The van der Waals surface area contributed by atoms with Gasteiger partial charge in [0.25, 0.3) is 0 Å². The van der Waals surface area contributed by atoms with Crippen molar-refractivity contribution >= 4 is 29.1 Å². The molecular formula is C24H19ClN2O2S. The second-order valence-electron chi connectivity index (χ2n) is 6.56. The maximum Gasteiger partial charge on any atom is 0.173 e. The number of halogens is 1. The summed E-state index contributed by atoms with van der Waals surface area (Å²) in [6.07, 6.45) is 1.97. The minimum atomic E-state index is 0.0669. The molecule has 4 nitrogen and oxygen atoms in total. The number of aromatic nitrogens is 2. The molecule has 30 heavy (non-hydrogen) atoms. The lowest BCUT2D eigenvalue weighted by Gasteiger charge is -2.07. The SMILES string of the molecule is COc1ccc(-c2cn(-c3ccc(Cl)cc3)c(SCC(=O)c3ccccc3)n2)cc1. The van der Waals surface area contributed by atoms with Crippen molar-refractivity contribution in [3.63, 3.8) is 0 Å². The summed E-state index contributed by atoms with van der Waals surface area (Å²) in [5.41, 5.74) is 3.42. The number of carbonyl (C=O) groups is 1. The average Bonchev–Trinajstić information content (AvgIpc) is 3.23. The zero-order valence-corrected chi connectivity index (χ0v) is 17.9. The number of benzene rings is 3. The van der Waals surface area contributed by atoms with Crippen molar-refractivity contribution in [1.82, 2.24) is 9.55 Å². The Kier molecular flexibility index (Phi) is 6.21. The van der Waals surface area contributed by atoms with Crippen LogP contribution in [-0.4, -0.2) is 28.2 Å². The van der Waals surface area contributed by atoms with E-state index in [-0.39, 0.29) is 5.78 Å². The van der Waals surface area contributed by atoms with Gasteiger partial charge in [-0.05, 0) is 48.5 Å². The molecule has 0 fully saturated rings. The number of methoxy groups -OCH3 is 1. The molecular weight excluding hydrogens is 416 g/mol. The lowest BCUT2D eigenvalue weighted by Crippen LogP contribution is -2.03. The van der Waals surface area contributed by atoms with Gasteiger partial charge in [0.1, 0.15) is 5.75 Å². The Bertz CT molecular complexity index is 1140. The monoisotopic (exact) mass is 434 g/mol. The molecule has 0 aliphatic carbocycles. The van der Waals surface area contributed by atoms with E-state index in [1.807, 2.05) is 89.6 Å². The Morgan fingerprint density at radius 1 is 1.00 bits per heavy atom. The third kappa shape index (κ3) is 4.58. The Labute approximate surface area is 184 Å². The number of hydrogen-bond acceptors (Lipinski definition) is 4. The van der Waals surface area contributed by atoms with E-state index in [0.717, 1.165) is 27.9 Å². The van der Waals surface area contributed by atoms with E-state index in [1.54, 1.807) is 7.11 Å². The molecule has 0 unspecified atom stereocenters. The maximum absolute atomic E-state index is 12.6. The molecule has 0 N–H and O–H groups in total. The number of Topliss-reactive ketones (excluding diaryl/α,β-unsaturated/α-hetero) is 1. The second-order valence-corrected chi connectivity index (χ2v) is 7.94. The Morgan fingerprint density at radius 3 is 2.37 bits per heavy atom. The van der Waals surface area contributed by atoms with Gasteiger partial charge in [-0.3, -0.25) is 9.36 Å². The topological polar surface area (TPSA) is 44.1 Å². The number of nitrogens with zero attached hydrogens (tertiary/aromatic N) is 2. The van der Waals surface area contributed by atoms with Crippen molar-refractivity contribution in [2.75, 3.05) is 12.9 Å². The molecule has 0 amide bonds. The van der Waals surface area contributed by atoms with Gasteiger partial charge in [0, 0.05) is 28.0 Å². The first-order chi connectivity index (χ1) is 14.6. The van der Waals surface area contributed by atoms with Crippen molar-refractivity contribution in [3.8, 4) is 22.7 Å². The van der Waals surface area contributed by atoms with Gasteiger partial charge in [-0.15, -0.1) is 0 Å². The van der Waals surface area contributed by atoms with Crippen LogP contribution in [0.1, 0.15) is 10.4 Å². The predicted octanol–water partition coefficient (Wildman–Crippen LogP) is 6.18. The van der Waals surface area contributed by atoms with Crippen LogP contribution in [0.25, 0.3) is 16.9 Å². The van der Waals surface area contributed by atoms with Crippen molar-refractivity contribution in [2.24, 2.45) is 0 Å². The lowest BCUT2D eigenvalue weighted by atomic mass is 10.1. The van der Waals surface area contributed by atoms with Gasteiger partial charge in [-0.2, -0.15) is 0 Å². The fraction of sp³-hybridized carbons (Fsp3) is 0.0833. The molecule has 1 heterocycles. The molecule has 0 atom stereocenters. The predicted molar refractivity (Wildman–Crippen MR) is 122 cm³/mol. The fourth-order valence-electron chi connectivity index (χ4n) is 2.99. The number of imidazole rings is 1. The zero-order valence-electron chi connectivity index (χ0n) is 16.3. The first kappa shape index (κ1) is 20.3. The third-order valence-corrected chi connectivity index (χ3v) is 5.80. The van der Waals surface area contributed by atoms with Crippen LogP contribution in [0.3, 0.4) is 0 Å². The van der Waals surface area contributed by atoms with Crippen LogP contribution in [-0.2, 0) is 0 Å². The standard InChI is InChI=1S/C24H19ClN2O2S/c1-29-21-13-7-17(8-14-21)22-15-27(20-11-9-19(25)10-12-20)24(26-22)30-16-23(28)18-5-3-2-4-6-18/h2-15H,16H2,1H3. The largest absolute Gasteiger partial charge is 0.497 e. The summed E-state index contributed by atoms with van der Waals surface area (Å²) in [5, 5.41) is 1.41. The molecule has 0 saturated heterocycles. The normalized spacial score (nSPS) is 10.7. The Hall–Kier alpha value is -3.02. The van der Waals surface area contributed by atoms with Crippen LogP contribution in [0.2, 0.25) is 5.02 Å². The number of rotatable bonds is 7. The first-order valence-corrected chi connectivity index (χ1v) is 10.7. The Morgan fingerprint density at radius 2 is 1.70 bits per heavy atom. The quantitative estimate of drug-likeness (QED) is 0.257. The first-order valence-electron chi connectivity index (χ1n) is 9.35. The van der Waals surface area contributed by atoms with Gasteiger partial charge < -0.3 is 4.74 Å². The van der Waals surface area contributed by atoms with Crippen molar-refractivity contribution in [2.45, 2.75) is 5.16 Å². The van der Waals surface area contributed by atoms with Crippen molar-refractivity contribution in [1.29, 1.82) is 0 Å². The molecule has 4 rings (SSSR count). The minimum absolute atomic E-state index is 0.0669. The van der Waals surface area contributed by atoms with E-state index in [1.165, 1.54) is 11.8 Å². The molecule has 6 heteroatoms. The third-order valence-electron chi connectivity index (χ3n) is 4.59. The Balaban J connectivity index is 1.65. The second kappa shape index (κ2) is 9.20. The minimum Gasteiger partial charge on any atom is -0.497 e. The molecule has 0 saturated carbocycles. The van der Waals surface area contributed by atoms with E-state index in [4.69, 9.17) is 21.3 Å². The average molecular weight is 435 g/mol. The summed E-state index contributed by atoms with van der Waals surface area (Å²) >= 11 is 7.47. The van der Waals surface area contributed by atoms with Gasteiger partial charge in [0.05, 0.1) is 18.6 Å². The van der Waals surface area contributed by atoms with Crippen LogP contribution < -0.4 is 4.74 Å². The molecule has 0 aliphatic heterocycles. The number of ether oxygens (including phenoxy) is 1. The smallest absolute Gasteiger partial charge is 0.173 e. The van der Waals surface area contributed by atoms with Gasteiger partial charge in [0.2, 0.25) is 0 Å². The van der Waals surface area contributed by atoms with E-state index < -0.39 is 0 Å². The van der Waals surface area contributed by atoms with Crippen LogP contribution in [0.5, 0.6) is 5.75 Å². The highest BCUT2D eigenvalue weighted by atomic mass is 35.5. The molecule has 1 aromatic heterocycles. The number of hydrogen-bond donors (Lipinski definition) is 0. The van der Waals surface area contributed by atoms with E-state index in [2.05, 4.69) is 0 Å². The van der Waals surface area contributed by atoms with Gasteiger partial charge in [0.15, 0.2) is 10.9 Å². The molecule has 0 bridgehead atoms. The van der Waals surface area contributed by atoms with E-state index in [0.29, 0.717) is 16.3 Å². The summed E-state index contributed by atoms with van der Waals surface area (Å²) in [7, 11) is 1.64. The van der Waals surface area contributed by atoms with E-state index in [9.17, 15) is 4.79 Å². The fourth-order valence-corrected chi connectivity index (χ4v) is 4.00. The number of ketones is 1. The van der Waals surface area contributed by atoms with Gasteiger partial charge in [-0.25, -0.2) is 4.98 Å². The van der Waals surface area contributed by atoms with Crippen molar-refractivity contribution < 1.29 is 9.53 Å².